The number of anilines is 2. The van der Waals surface area contributed by atoms with Crippen LogP contribution in [0.4, 0.5) is 11.4 Å². The molecule has 138 valence electrons. The molecule has 1 aliphatic rings. The first kappa shape index (κ1) is 18.8. The van der Waals surface area contributed by atoms with Crippen LogP contribution in [0.15, 0.2) is 36.4 Å². The monoisotopic (exact) mass is 394 g/mol. The summed E-state index contributed by atoms with van der Waals surface area (Å²) in [6.45, 7) is 4.51. The number of nitrogens with zero attached hydrogens (tertiary/aromatic N) is 1. The van der Waals surface area contributed by atoms with E-state index in [0.717, 1.165) is 24.3 Å². The number of carbonyl (C=O) groups excluding carboxylic acids is 1. The van der Waals surface area contributed by atoms with Crippen molar-refractivity contribution in [1.29, 1.82) is 0 Å². The molecular weight excluding hydrogens is 375 g/mol. The van der Waals surface area contributed by atoms with Gasteiger partial charge in [-0.3, -0.25) is 4.79 Å². The van der Waals surface area contributed by atoms with E-state index in [2.05, 4.69) is 10.2 Å². The van der Waals surface area contributed by atoms with Crippen LogP contribution in [0.25, 0.3) is 0 Å². The number of rotatable bonds is 5. The second-order valence-corrected chi connectivity index (χ2v) is 6.83. The Balaban J connectivity index is 1.68. The van der Waals surface area contributed by atoms with E-state index >= 15 is 0 Å². The molecule has 1 amide bonds. The minimum absolute atomic E-state index is 0.0997. The standard InChI is InChI=1S/C19H20Cl2N2O3/c1-13-11-14(20)5-6-17(13)26-12-18(24)22-16-4-2-3-15(21)19(16)23-7-9-25-10-8-23/h2-6,11H,7-10,12H2,1H3,(H,22,24). The van der Waals surface area contributed by atoms with Crippen molar-refractivity contribution in [3.05, 3.63) is 52.0 Å². The van der Waals surface area contributed by atoms with Gasteiger partial charge >= 0.3 is 0 Å². The summed E-state index contributed by atoms with van der Waals surface area (Å²) >= 11 is 12.3. The number of ether oxygens (including phenoxy) is 2. The molecule has 1 fully saturated rings. The van der Waals surface area contributed by atoms with E-state index in [1.807, 2.05) is 25.1 Å². The van der Waals surface area contributed by atoms with Crippen LogP contribution in [0.5, 0.6) is 5.75 Å². The third-order valence-corrected chi connectivity index (χ3v) is 4.62. The van der Waals surface area contributed by atoms with E-state index < -0.39 is 0 Å². The number of carbonyl (C=O) groups is 1. The van der Waals surface area contributed by atoms with Gasteiger partial charge in [-0.2, -0.15) is 0 Å². The first-order valence-electron chi connectivity index (χ1n) is 8.34. The zero-order valence-electron chi connectivity index (χ0n) is 14.4. The average Bonchev–Trinajstić information content (AvgIpc) is 2.62. The zero-order valence-corrected chi connectivity index (χ0v) is 15.9. The maximum absolute atomic E-state index is 12.4. The van der Waals surface area contributed by atoms with Gasteiger partial charge in [-0.15, -0.1) is 0 Å². The summed E-state index contributed by atoms with van der Waals surface area (Å²) in [6.07, 6.45) is 0. The van der Waals surface area contributed by atoms with E-state index in [1.54, 1.807) is 18.2 Å². The average molecular weight is 395 g/mol. The number of benzene rings is 2. The molecule has 0 unspecified atom stereocenters. The Morgan fingerprint density at radius 2 is 2.00 bits per heavy atom. The molecule has 0 bridgehead atoms. The Labute approximate surface area is 162 Å². The Kier molecular flexibility index (Phi) is 6.25. The van der Waals surface area contributed by atoms with Gasteiger partial charge in [0.05, 0.1) is 29.6 Å². The van der Waals surface area contributed by atoms with Crippen LogP contribution in [-0.2, 0) is 9.53 Å². The predicted octanol–water partition coefficient (Wildman–Crippen LogP) is 4.16. The summed E-state index contributed by atoms with van der Waals surface area (Å²) in [5.74, 6) is 0.375. The molecular formula is C19H20Cl2N2O3. The summed E-state index contributed by atoms with van der Waals surface area (Å²) in [6, 6.07) is 10.7. The fourth-order valence-corrected chi connectivity index (χ4v) is 3.35. The van der Waals surface area contributed by atoms with Crippen LogP contribution in [0.1, 0.15) is 5.56 Å². The molecule has 0 aliphatic carbocycles. The fourth-order valence-electron chi connectivity index (χ4n) is 2.83. The molecule has 1 N–H and O–H groups in total. The Morgan fingerprint density at radius 1 is 1.23 bits per heavy atom. The Hall–Kier alpha value is -1.95. The van der Waals surface area contributed by atoms with Gasteiger partial charge in [0, 0.05) is 18.1 Å². The summed E-state index contributed by atoms with van der Waals surface area (Å²) < 4.78 is 11.0. The van der Waals surface area contributed by atoms with Gasteiger partial charge in [-0.1, -0.05) is 29.3 Å². The van der Waals surface area contributed by atoms with E-state index in [9.17, 15) is 4.79 Å². The number of nitrogens with one attached hydrogen (secondary N) is 1. The van der Waals surface area contributed by atoms with Crippen LogP contribution >= 0.6 is 23.2 Å². The van der Waals surface area contributed by atoms with Gasteiger partial charge in [0.25, 0.3) is 5.91 Å². The smallest absolute Gasteiger partial charge is 0.262 e. The van der Waals surface area contributed by atoms with Crippen LogP contribution in [0, 0.1) is 6.92 Å². The molecule has 1 aliphatic heterocycles. The summed E-state index contributed by atoms with van der Waals surface area (Å²) in [5.41, 5.74) is 2.36. The number of hydrogen-bond acceptors (Lipinski definition) is 4. The molecule has 7 heteroatoms. The van der Waals surface area contributed by atoms with Crippen LogP contribution in [0.3, 0.4) is 0 Å². The lowest BCUT2D eigenvalue weighted by atomic mass is 10.2. The third-order valence-electron chi connectivity index (χ3n) is 4.08. The lowest BCUT2D eigenvalue weighted by Crippen LogP contribution is -2.37. The number of halogens is 2. The minimum Gasteiger partial charge on any atom is -0.483 e. The fraction of sp³-hybridized carbons (Fsp3) is 0.316. The van der Waals surface area contributed by atoms with Crippen molar-refractivity contribution in [2.24, 2.45) is 0 Å². The molecule has 5 nitrogen and oxygen atoms in total. The van der Waals surface area contributed by atoms with E-state index in [1.165, 1.54) is 0 Å². The largest absolute Gasteiger partial charge is 0.483 e. The molecule has 1 saturated heterocycles. The van der Waals surface area contributed by atoms with Gasteiger partial charge < -0.3 is 19.7 Å². The Morgan fingerprint density at radius 3 is 2.73 bits per heavy atom. The highest BCUT2D eigenvalue weighted by atomic mass is 35.5. The van der Waals surface area contributed by atoms with Gasteiger partial charge in [0.15, 0.2) is 6.61 Å². The van der Waals surface area contributed by atoms with E-state index in [0.29, 0.717) is 34.7 Å². The second kappa shape index (κ2) is 8.62. The van der Waals surface area contributed by atoms with Gasteiger partial charge in [-0.25, -0.2) is 0 Å². The highest BCUT2D eigenvalue weighted by Gasteiger charge is 2.19. The van der Waals surface area contributed by atoms with Gasteiger partial charge in [-0.05, 0) is 42.8 Å². The summed E-state index contributed by atoms with van der Waals surface area (Å²) in [7, 11) is 0. The second-order valence-electron chi connectivity index (χ2n) is 5.98. The van der Waals surface area contributed by atoms with Crippen molar-refractivity contribution in [3.63, 3.8) is 0 Å². The van der Waals surface area contributed by atoms with Crippen molar-refractivity contribution in [1.82, 2.24) is 0 Å². The molecule has 0 spiro atoms. The van der Waals surface area contributed by atoms with Crippen LogP contribution < -0.4 is 15.0 Å². The quantitative estimate of drug-likeness (QED) is 0.826. The molecule has 26 heavy (non-hydrogen) atoms. The highest BCUT2D eigenvalue weighted by Crippen LogP contribution is 2.34. The molecule has 0 radical (unpaired) electrons. The lowest BCUT2D eigenvalue weighted by Gasteiger charge is -2.31. The molecule has 0 saturated carbocycles. The van der Waals surface area contributed by atoms with Crippen molar-refractivity contribution in [2.75, 3.05) is 43.1 Å². The van der Waals surface area contributed by atoms with E-state index in [4.69, 9.17) is 32.7 Å². The SMILES string of the molecule is Cc1cc(Cl)ccc1OCC(=O)Nc1cccc(Cl)c1N1CCOCC1. The molecule has 0 atom stereocenters. The molecule has 0 aromatic heterocycles. The molecule has 1 heterocycles. The van der Waals surface area contributed by atoms with Crippen LogP contribution in [-0.4, -0.2) is 38.8 Å². The van der Waals surface area contributed by atoms with Crippen molar-refractivity contribution >= 4 is 40.5 Å². The third kappa shape index (κ3) is 4.61. The summed E-state index contributed by atoms with van der Waals surface area (Å²) in [5, 5.41) is 4.12. The van der Waals surface area contributed by atoms with Crippen LogP contribution in [0.2, 0.25) is 10.0 Å². The molecule has 3 rings (SSSR count). The summed E-state index contributed by atoms with van der Waals surface area (Å²) in [4.78, 5) is 14.5. The van der Waals surface area contributed by atoms with Crippen molar-refractivity contribution in [2.45, 2.75) is 6.92 Å². The van der Waals surface area contributed by atoms with Crippen molar-refractivity contribution < 1.29 is 14.3 Å². The number of morpholine rings is 1. The predicted molar refractivity (Wildman–Crippen MR) is 105 cm³/mol. The number of aryl methyl sites for hydroxylation is 1. The first-order chi connectivity index (χ1) is 12.5. The normalized spacial score (nSPS) is 14.2. The zero-order chi connectivity index (χ0) is 18.5. The molecule has 2 aromatic rings. The Bertz CT molecular complexity index is 792. The maximum Gasteiger partial charge on any atom is 0.262 e. The lowest BCUT2D eigenvalue weighted by molar-refractivity contribution is -0.118. The number of hydrogen-bond donors (Lipinski definition) is 1. The highest BCUT2D eigenvalue weighted by molar-refractivity contribution is 6.34. The molecule has 2 aromatic carbocycles. The number of amides is 1. The van der Waals surface area contributed by atoms with Crippen molar-refractivity contribution in [3.8, 4) is 5.75 Å². The van der Waals surface area contributed by atoms with E-state index in [-0.39, 0.29) is 12.5 Å². The first-order valence-corrected chi connectivity index (χ1v) is 9.10. The maximum atomic E-state index is 12.4. The number of para-hydroxylation sites is 1. The van der Waals surface area contributed by atoms with Gasteiger partial charge in [0.2, 0.25) is 0 Å². The van der Waals surface area contributed by atoms with Gasteiger partial charge in [0.1, 0.15) is 5.75 Å². The topological polar surface area (TPSA) is 50.8 Å². The minimum atomic E-state index is -0.254.